The molecule has 0 spiro atoms. The van der Waals surface area contributed by atoms with E-state index in [1.165, 1.54) is 24.8 Å². The molecule has 1 aromatic carbocycles. The van der Waals surface area contributed by atoms with E-state index >= 15 is 0 Å². The summed E-state index contributed by atoms with van der Waals surface area (Å²) < 4.78 is 0. The molecular formula is C14H20N2. The molecule has 2 heteroatoms. The minimum atomic E-state index is 0.183. The summed E-state index contributed by atoms with van der Waals surface area (Å²) in [5.74, 6) is 0. The largest absolute Gasteiger partial charge is 0.309 e. The first-order valence-electron chi connectivity index (χ1n) is 6.03. The van der Waals surface area contributed by atoms with Gasteiger partial charge in [0, 0.05) is 6.04 Å². The van der Waals surface area contributed by atoms with Crippen LogP contribution in [-0.4, -0.2) is 6.54 Å². The zero-order valence-electron chi connectivity index (χ0n) is 9.95. The van der Waals surface area contributed by atoms with Crippen molar-refractivity contribution in [1.82, 2.24) is 5.32 Å². The van der Waals surface area contributed by atoms with E-state index in [1.807, 2.05) is 18.2 Å². The Balaban J connectivity index is 2.45. The Morgan fingerprint density at radius 1 is 1.25 bits per heavy atom. The predicted molar refractivity (Wildman–Crippen MR) is 66.9 cm³/mol. The van der Waals surface area contributed by atoms with Crippen molar-refractivity contribution >= 4 is 0 Å². The molecule has 0 radical (unpaired) electrons. The van der Waals surface area contributed by atoms with Gasteiger partial charge in [-0.2, -0.15) is 5.26 Å². The Bertz CT molecular complexity index is 313. The number of nitrogens with one attached hydrogen (secondary N) is 1. The van der Waals surface area contributed by atoms with Gasteiger partial charge < -0.3 is 5.32 Å². The fourth-order valence-electron chi connectivity index (χ4n) is 1.74. The molecule has 0 saturated carbocycles. The molecule has 1 N–H and O–H groups in total. The van der Waals surface area contributed by atoms with E-state index in [4.69, 9.17) is 5.26 Å². The van der Waals surface area contributed by atoms with Gasteiger partial charge in [0.15, 0.2) is 0 Å². The smallest absolute Gasteiger partial charge is 0.0641 e. The molecule has 0 fully saturated rings. The van der Waals surface area contributed by atoms with Gasteiger partial charge in [-0.15, -0.1) is 0 Å². The van der Waals surface area contributed by atoms with Crippen LogP contribution in [0.3, 0.4) is 0 Å². The molecule has 1 rings (SSSR count). The van der Waals surface area contributed by atoms with Crippen LogP contribution in [0.4, 0.5) is 0 Å². The quantitative estimate of drug-likeness (QED) is 0.709. The molecule has 0 aliphatic carbocycles. The number of benzene rings is 1. The van der Waals surface area contributed by atoms with Crippen molar-refractivity contribution < 1.29 is 0 Å². The van der Waals surface area contributed by atoms with Crippen LogP contribution in [0.15, 0.2) is 30.3 Å². The van der Waals surface area contributed by atoms with Crippen LogP contribution in [0.2, 0.25) is 0 Å². The van der Waals surface area contributed by atoms with Crippen LogP contribution in [0.5, 0.6) is 0 Å². The van der Waals surface area contributed by atoms with Gasteiger partial charge in [0.1, 0.15) is 0 Å². The monoisotopic (exact) mass is 216 g/mol. The van der Waals surface area contributed by atoms with Gasteiger partial charge in [-0.25, -0.2) is 0 Å². The molecule has 0 amide bonds. The number of hydrogen-bond acceptors (Lipinski definition) is 2. The SMILES string of the molecule is CCCCCNC(CC#N)c1ccccc1. The van der Waals surface area contributed by atoms with E-state index in [0.717, 1.165) is 6.54 Å². The fraction of sp³-hybridized carbons (Fsp3) is 0.500. The molecule has 86 valence electrons. The second-order valence-corrected chi connectivity index (χ2v) is 3.99. The van der Waals surface area contributed by atoms with Crippen molar-refractivity contribution in [2.45, 2.75) is 38.6 Å². The van der Waals surface area contributed by atoms with Gasteiger partial charge in [0.25, 0.3) is 0 Å². The highest BCUT2D eigenvalue weighted by Gasteiger charge is 2.08. The van der Waals surface area contributed by atoms with Crippen LogP contribution in [0, 0.1) is 11.3 Å². The summed E-state index contributed by atoms with van der Waals surface area (Å²) in [6.07, 6.45) is 4.21. The second kappa shape index (κ2) is 7.90. The molecule has 0 saturated heterocycles. The second-order valence-electron chi connectivity index (χ2n) is 3.99. The van der Waals surface area contributed by atoms with Crippen molar-refractivity contribution in [3.8, 4) is 6.07 Å². The van der Waals surface area contributed by atoms with Crippen molar-refractivity contribution in [3.05, 3.63) is 35.9 Å². The fourth-order valence-corrected chi connectivity index (χ4v) is 1.74. The van der Waals surface area contributed by atoms with E-state index in [9.17, 15) is 0 Å². The minimum Gasteiger partial charge on any atom is -0.309 e. The third-order valence-corrected chi connectivity index (χ3v) is 2.67. The maximum atomic E-state index is 8.81. The van der Waals surface area contributed by atoms with E-state index in [1.54, 1.807) is 0 Å². The molecule has 16 heavy (non-hydrogen) atoms. The summed E-state index contributed by atoms with van der Waals surface area (Å²) in [7, 11) is 0. The maximum absolute atomic E-state index is 8.81. The lowest BCUT2D eigenvalue weighted by molar-refractivity contribution is 0.520. The highest BCUT2D eigenvalue weighted by atomic mass is 14.9. The highest BCUT2D eigenvalue weighted by Crippen LogP contribution is 2.15. The molecule has 1 aromatic rings. The van der Waals surface area contributed by atoms with Gasteiger partial charge in [-0.3, -0.25) is 0 Å². The molecule has 0 aromatic heterocycles. The summed E-state index contributed by atoms with van der Waals surface area (Å²) in [6.45, 7) is 3.19. The summed E-state index contributed by atoms with van der Waals surface area (Å²) in [4.78, 5) is 0. The first-order chi connectivity index (χ1) is 7.88. The van der Waals surface area contributed by atoms with E-state index in [2.05, 4.69) is 30.4 Å². The Morgan fingerprint density at radius 3 is 2.62 bits per heavy atom. The number of unbranched alkanes of at least 4 members (excludes halogenated alkanes) is 2. The van der Waals surface area contributed by atoms with Crippen molar-refractivity contribution in [2.75, 3.05) is 6.54 Å². The van der Waals surface area contributed by atoms with Crippen molar-refractivity contribution in [1.29, 1.82) is 5.26 Å². The normalized spacial score (nSPS) is 12.0. The molecule has 0 heterocycles. The average molecular weight is 216 g/mol. The topological polar surface area (TPSA) is 35.8 Å². The Labute approximate surface area is 98.3 Å². The highest BCUT2D eigenvalue weighted by molar-refractivity contribution is 5.19. The lowest BCUT2D eigenvalue weighted by atomic mass is 10.0. The lowest BCUT2D eigenvalue weighted by Gasteiger charge is -2.16. The molecule has 1 unspecified atom stereocenters. The third kappa shape index (κ3) is 4.46. The summed E-state index contributed by atoms with van der Waals surface area (Å²) in [5.41, 5.74) is 1.21. The van der Waals surface area contributed by atoms with Gasteiger partial charge >= 0.3 is 0 Å². The predicted octanol–water partition coefficient (Wildman–Crippen LogP) is 3.42. The summed E-state index contributed by atoms with van der Waals surface area (Å²) in [6, 6.07) is 12.6. The van der Waals surface area contributed by atoms with E-state index < -0.39 is 0 Å². The lowest BCUT2D eigenvalue weighted by Crippen LogP contribution is -2.22. The third-order valence-electron chi connectivity index (χ3n) is 2.67. The van der Waals surface area contributed by atoms with Gasteiger partial charge in [-0.1, -0.05) is 50.1 Å². The van der Waals surface area contributed by atoms with Gasteiger partial charge in [-0.05, 0) is 18.5 Å². The van der Waals surface area contributed by atoms with Crippen LogP contribution in [-0.2, 0) is 0 Å². The van der Waals surface area contributed by atoms with Crippen LogP contribution in [0.1, 0.15) is 44.2 Å². The minimum absolute atomic E-state index is 0.183. The molecule has 1 atom stereocenters. The molecule has 2 nitrogen and oxygen atoms in total. The molecule has 0 aliphatic rings. The van der Waals surface area contributed by atoms with E-state index in [0.29, 0.717) is 6.42 Å². The maximum Gasteiger partial charge on any atom is 0.0641 e. The Kier molecular flexibility index (Phi) is 6.29. The Hall–Kier alpha value is -1.33. The molecule has 0 bridgehead atoms. The average Bonchev–Trinajstić information content (AvgIpc) is 2.34. The molecular weight excluding hydrogens is 196 g/mol. The zero-order chi connectivity index (χ0) is 11.6. The first kappa shape index (κ1) is 12.7. The number of rotatable bonds is 7. The van der Waals surface area contributed by atoms with Crippen LogP contribution >= 0.6 is 0 Å². The van der Waals surface area contributed by atoms with Crippen LogP contribution < -0.4 is 5.32 Å². The van der Waals surface area contributed by atoms with Crippen LogP contribution in [0.25, 0.3) is 0 Å². The Morgan fingerprint density at radius 2 is 2.00 bits per heavy atom. The van der Waals surface area contributed by atoms with Crippen molar-refractivity contribution in [3.63, 3.8) is 0 Å². The van der Waals surface area contributed by atoms with E-state index in [-0.39, 0.29) is 6.04 Å². The standard InChI is InChI=1S/C14H20N2/c1-2-3-7-12-16-14(10-11-15)13-8-5-4-6-9-13/h4-6,8-9,14,16H,2-3,7,10,12H2,1H3. The number of hydrogen-bond donors (Lipinski definition) is 1. The molecule has 0 aliphatic heterocycles. The zero-order valence-corrected chi connectivity index (χ0v) is 9.95. The number of nitriles is 1. The summed E-state index contributed by atoms with van der Waals surface area (Å²) >= 11 is 0. The van der Waals surface area contributed by atoms with Gasteiger partial charge in [0.05, 0.1) is 12.5 Å². The van der Waals surface area contributed by atoms with Crippen molar-refractivity contribution in [2.24, 2.45) is 0 Å². The summed E-state index contributed by atoms with van der Waals surface area (Å²) in [5, 5.41) is 12.3. The number of nitrogens with zero attached hydrogens (tertiary/aromatic N) is 1. The van der Waals surface area contributed by atoms with Gasteiger partial charge in [0.2, 0.25) is 0 Å². The first-order valence-corrected chi connectivity index (χ1v) is 6.03.